The molecule has 0 saturated heterocycles. The van der Waals surface area contributed by atoms with Crippen LogP contribution in [-0.2, 0) is 5.75 Å². The summed E-state index contributed by atoms with van der Waals surface area (Å²) in [4.78, 5) is 4.30. The minimum Gasteiger partial charge on any atom is -0.260 e. The van der Waals surface area contributed by atoms with E-state index in [1.54, 1.807) is 22.8 Å². The molecule has 0 aliphatic rings. The van der Waals surface area contributed by atoms with Crippen molar-refractivity contribution in [3.8, 4) is 11.3 Å². The summed E-state index contributed by atoms with van der Waals surface area (Å²) >= 11 is 1.52. The highest BCUT2D eigenvalue weighted by atomic mass is 32.2. The fourth-order valence-electron chi connectivity index (χ4n) is 2.26. The zero-order valence-corrected chi connectivity index (χ0v) is 13.3. The summed E-state index contributed by atoms with van der Waals surface area (Å²) in [6, 6.07) is 15.8. The van der Waals surface area contributed by atoms with E-state index in [4.69, 9.17) is 0 Å². The van der Waals surface area contributed by atoms with E-state index in [1.807, 2.05) is 30.3 Å². The molecule has 3 aromatic heterocycles. The third-order valence-corrected chi connectivity index (χ3v) is 4.40. The first kappa shape index (κ1) is 14.8. The number of nitrogens with zero attached hydrogens (tertiary/aromatic N) is 5. The molecule has 4 aromatic rings. The largest absolute Gasteiger partial charge is 0.260 e. The second-order valence-corrected chi connectivity index (χ2v) is 6.03. The van der Waals surface area contributed by atoms with E-state index in [0.29, 0.717) is 16.6 Å². The minimum atomic E-state index is -0.268. The Kier molecular flexibility index (Phi) is 3.92. The van der Waals surface area contributed by atoms with Gasteiger partial charge in [0.2, 0.25) is 5.16 Å². The van der Waals surface area contributed by atoms with Crippen LogP contribution in [0.1, 0.15) is 5.69 Å². The number of fused-ring (bicyclic) bond motifs is 1. The van der Waals surface area contributed by atoms with Crippen LogP contribution in [0.4, 0.5) is 4.39 Å². The molecule has 1 aromatic carbocycles. The first-order valence-corrected chi connectivity index (χ1v) is 8.29. The van der Waals surface area contributed by atoms with Crippen LogP contribution >= 0.6 is 11.8 Å². The van der Waals surface area contributed by atoms with E-state index in [1.165, 1.54) is 23.9 Å². The van der Waals surface area contributed by atoms with Gasteiger partial charge < -0.3 is 0 Å². The average molecular weight is 337 g/mol. The van der Waals surface area contributed by atoms with Gasteiger partial charge >= 0.3 is 0 Å². The second-order valence-electron chi connectivity index (χ2n) is 5.09. The Morgan fingerprint density at radius 2 is 1.83 bits per heavy atom. The van der Waals surface area contributed by atoms with Gasteiger partial charge in [-0.15, -0.1) is 10.2 Å². The van der Waals surface area contributed by atoms with E-state index in [2.05, 4.69) is 20.3 Å². The number of hydrogen-bond acceptors (Lipinski definition) is 5. The van der Waals surface area contributed by atoms with Crippen LogP contribution in [0.2, 0.25) is 0 Å². The van der Waals surface area contributed by atoms with Crippen molar-refractivity contribution < 1.29 is 4.39 Å². The predicted molar refractivity (Wildman–Crippen MR) is 90.0 cm³/mol. The summed E-state index contributed by atoms with van der Waals surface area (Å²) in [5.74, 6) is 0.417. The molecule has 0 aliphatic heterocycles. The molecule has 0 aliphatic carbocycles. The average Bonchev–Trinajstić information content (AvgIpc) is 3.04. The lowest BCUT2D eigenvalue weighted by atomic mass is 10.1. The van der Waals surface area contributed by atoms with Crippen LogP contribution in [0.5, 0.6) is 0 Å². The summed E-state index contributed by atoms with van der Waals surface area (Å²) in [5, 5.41) is 13.6. The van der Waals surface area contributed by atoms with Gasteiger partial charge in [0.1, 0.15) is 5.82 Å². The molecule has 7 heteroatoms. The van der Waals surface area contributed by atoms with Crippen molar-refractivity contribution in [1.82, 2.24) is 24.8 Å². The molecule has 4 rings (SSSR count). The third-order valence-electron chi connectivity index (χ3n) is 3.45. The summed E-state index contributed by atoms with van der Waals surface area (Å²) in [7, 11) is 0. The molecular weight excluding hydrogens is 325 g/mol. The highest BCUT2D eigenvalue weighted by Gasteiger charge is 2.10. The van der Waals surface area contributed by atoms with Crippen LogP contribution < -0.4 is 0 Å². The van der Waals surface area contributed by atoms with Crippen molar-refractivity contribution >= 4 is 17.4 Å². The van der Waals surface area contributed by atoms with Gasteiger partial charge in [0.15, 0.2) is 5.65 Å². The van der Waals surface area contributed by atoms with Crippen LogP contribution in [0, 0.1) is 5.82 Å². The van der Waals surface area contributed by atoms with Crippen LogP contribution in [-0.4, -0.2) is 24.8 Å². The Bertz CT molecular complexity index is 969. The first-order chi connectivity index (χ1) is 11.8. The molecule has 0 atom stereocenters. The third kappa shape index (κ3) is 2.98. The molecule has 118 valence electrons. The number of thioether (sulfide) groups is 1. The number of pyridine rings is 1. The van der Waals surface area contributed by atoms with Crippen molar-refractivity contribution in [1.29, 1.82) is 0 Å². The lowest BCUT2D eigenvalue weighted by Crippen LogP contribution is -1.97. The Hall–Kier alpha value is -2.80. The van der Waals surface area contributed by atoms with Crippen molar-refractivity contribution in [3.05, 3.63) is 72.3 Å². The Morgan fingerprint density at radius 3 is 2.62 bits per heavy atom. The Morgan fingerprint density at radius 1 is 0.958 bits per heavy atom. The van der Waals surface area contributed by atoms with Crippen LogP contribution in [0.3, 0.4) is 0 Å². The fraction of sp³-hybridized carbons (Fsp3) is 0.0588. The smallest absolute Gasteiger partial charge is 0.212 e. The van der Waals surface area contributed by atoms with Gasteiger partial charge in [-0.3, -0.25) is 4.98 Å². The van der Waals surface area contributed by atoms with Crippen molar-refractivity contribution in [2.75, 3.05) is 0 Å². The maximum absolute atomic E-state index is 13.1. The Labute approximate surface area is 141 Å². The zero-order chi connectivity index (χ0) is 16.4. The molecule has 0 unspecified atom stereocenters. The maximum Gasteiger partial charge on any atom is 0.212 e. The Balaban J connectivity index is 1.64. The number of aromatic nitrogens is 5. The molecule has 0 radical (unpaired) electrons. The number of rotatable bonds is 4. The fourth-order valence-corrected chi connectivity index (χ4v) is 3.06. The lowest BCUT2D eigenvalue weighted by molar-refractivity contribution is 0.628. The predicted octanol–water partition coefficient (Wildman–Crippen LogP) is 3.62. The van der Waals surface area contributed by atoms with Gasteiger partial charge in [-0.05, 0) is 48.5 Å². The normalized spacial score (nSPS) is 11.0. The van der Waals surface area contributed by atoms with Gasteiger partial charge in [-0.2, -0.15) is 9.61 Å². The topological polar surface area (TPSA) is 56.0 Å². The van der Waals surface area contributed by atoms with E-state index < -0.39 is 0 Å². The molecule has 0 saturated carbocycles. The molecule has 5 nitrogen and oxygen atoms in total. The minimum absolute atomic E-state index is 0.268. The van der Waals surface area contributed by atoms with E-state index in [-0.39, 0.29) is 5.82 Å². The van der Waals surface area contributed by atoms with Gasteiger partial charge in [0, 0.05) is 17.5 Å². The van der Waals surface area contributed by atoms with Gasteiger partial charge in [-0.1, -0.05) is 17.8 Å². The zero-order valence-electron chi connectivity index (χ0n) is 12.5. The van der Waals surface area contributed by atoms with Crippen molar-refractivity contribution in [3.63, 3.8) is 0 Å². The molecule has 0 bridgehead atoms. The van der Waals surface area contributed by atoms with Crippen molar-refractivity contribution in [2.24, 2.45) is 0 Å². The second kappa shape index (κ2) is 6.37. The summed E-state index contributed by atoms with van der Waals surface area (Å²) in [6.07, 6.45) is 1.77. The maximum atomic E-state index is 13.1. The highest BCUT2D eigenvalue weighted by molar-refractivity contribution is 7.98. The van der Waals surface area contributed by atoms with Crippen LogP contribution in [0.25, 0.3) is 16.9 Å². The number of benzene rings is 1. The standard InChI is InChI=1S/C17H12FN5S/c18-13-6-4-12(5-7-13)15-8-9-16-20-21-17(23(16)22-15)24-11-14-3-1-2-10-19-14/h1-10H,11H2. The summed E-state index contributed by atoms with van der Waals surface area (Å²) < 4.78 is 14.8. The molecule has 0 spiro atoms. The monoisotopic (exact) mass is 337 g/mol. The van der Waals surface area contributed by atoms with E-state index in [9.17, 15) is 4.39 Å². The van der Waals surface area contributed by atoms with E-state index in [0.717, 1.165) is 17.0 Å². The highest BCUT2D eigenvalue weighted by Crippen LogP contribution is 2.22. The number of hydrogen-bond donors (Lipinski definition) is 0. The SMILES string of the molecule is Fc1ccc(-c2ccc3nnc(SCc4ccccn4)n3n2)cc1. The molecule has 3 heterocycles. The van der Waals surface area contributed by atoms with Gasteiger partial charge in [0.25, 0.3) is 0 Å². The molecular formula is C17H12FN5S. The quantitative estimate of drug-likeness (QED) is 0.532. The van der Waals surface area contributed by atoms with Gasteiger partial charge in [0.05, 0.1) is 11.4 Å². The first-order valence-electron chi connectivity index (χ1n) is 7.31. The summed E-state index contributed by atoms with van der Waals surface area (Å²) in [6.45, 7) is 0. The van der Waals surface area contributed by atoms with Crippen molar-refractivity contribution in [2.45, 2.75) is 10.9 Å². The summed E-state index contributed by atoms with van der Waals surface area (Å²) in [5.41, 5.74) is 3.22. The van der Waals surface area contributed by atoms with Gasteiger partial charge in [-0.25, -0.2) is 4.39 Å². The lowest BCUT2D eigenvalue weighted by Gasteiger charge is -2.03. The molecule has 24 heavy (non-hydrogen) atoms. The molecule has 0 fully saturated rings. The van der Waals surface area contributed by atoms with Crippen LogP contribution in [0.15, 0.2) is 66.0 Å². The van der Waals surface area contributed by atoms with E-state index >= 15 is 0 Å². The molecule has 0 amide bonds. The number of halogens is 1. The molecule has 0 N–H and O–H groups in total.